The van der Waals surface area contributed by atoms with Crippen LogP contribution in [0, 0.1) is 19.7 Å². The Bertz CT molecular complexity index is 1360. The van der Waals surface area contributed by atoms with Crippen molar-refractivity contribution in [3.8, 4) is 0 Å². The van der Waals surface area contributed by atoms with Crippen LogP contribution in [0.4, 0.5) is 10.1 Å². The summed E-state index contributed by atoms with van der Waals surface area (Å²) >= 11 is 0. The summed E-state index contributed by atoms with van der Waals surface area (Å²) in [6.45, 7) is 6.54. The minimum atomic E-state index is -4.14. The predicted molar refractivity (Wildman–Crippen MR) is 142 cm³/mol. The molecular formula is C28H32FN3O4S. The number of likely N-dealkylation sites (N-methyl/N-ethyl adjacent to an activating group) is 1. The number of anilines is 1. The number of sulfonamides is 1. The van der Waals surface area contributed by atoms with Crippen LogP contribution in [0.15, 0.2) is 77.7 Å². The molecule has 0 saturated heterocycles. The van der Waals surface area contributed by atoms with E-state index < -0.39 is 40.2 Å². The van der Waals surface area contributed by atoms with Crippen LogP contribution in [-0.2, 0) is 26.2 Å². The van der Waals surface area contributed by atoms with E-state index in [0.717, 1.165) is 15.4 Å². The lowest BCUT2D eigenvalue weighted by Crippen LogP contribution is -2.51. The highest BCUT2D eigenvalue weighted by atomic mass is 32.2. The first-order valence-corrected chi connectivity index (χ1v) is 13.4. The quantitative estimate of drug-likeness (QED) is 0.430. The Kier molecular flexibility index (Phi) is 9.04. The van der Waals surface area contributed by atoms with Crippen molar-refractivity contribution >= 4 is 27.5 Å². The molecule has 196 valence electrons. The van der Waals surface area contributed by atoms with Gasteiger partial charge in [0.2, 0.25) is 11.8 Å². The third-order valence-corrected chi connectivity index (χ3v) is 7.78. The second-order valence-electron chi connectivity index (χ2n) is 8.85. The van der Waals surface area contributed by atoms with E-state index in [2.05, 4.69) is 5.32 Å². The molecular weight excluding hydrogens is 493 g/mol. The summed E-state index contributed by atoms with van der Waals surface area (Å²) in [5.74, 6) is -1.58. The van der Waals surface area contributed by atoms with Crippen molar-refractivity contribution in [2.24, 2.45) is 0 Å². The molecule has 1 N–H and O–H groups in total. The zero-order valence-electron chi connectivity index (χ0n) is 21.4. The van der Waals surface area contributed by atoms with Gasteiger partial charge in [0.15, 0.2) is 0 Å². The van der Waals surface area contributed by atoms with Crippen molar-refractivity contribution in [3.63, 3.8) is 0 Å². The first-order valence-electron chi connectivity index (χ1n) is 12.0. The predicted octanol–water partition coefficient (Wildman–Crippen LogP) is 4.19. The van der Waals surface area contributed by atoms with Gasteiger partial charge in [-0.05, 0) is 63.6 Å². The molecule has 1 atom stereocenters. The number of halogens is 1. The fraction of sp³-hybridized carbons (Fsp3) is 0.286. The number of nitrogens with zero attached hydrogens (tertiary/aromatic N) is 2. The minimum absolute atomic E-state index is 0.0323. The van der Waals surface area contributed by atoms with Crippen LogP contribution < -0.4 is 9.62 Å². The molecule has 9 heteroatoms. The van der Waals surface area contributed by atoms with E-state index in [-0.39, 0.29) is 17.0 Å². The number of amides is 2. The number of rotatable bonds is 10. The number of hydrogen-bond donors (Lipinski definition) is 1. The number of carbonyl (C=O) groups is 2. The van der Waals surface area contributed by atoms with E-state index in [1.165, 1.54) is 42.2 Å². The molecule has 3 rings (SSSR count). The van der Waals surface area contributed by atoms with Gasteiger partial charge >= 0.3 is 0 Å². The van der Waals surface area contributed by atoms with Crippen LogP contribution in [-0.4, -0.2) is 44.3 Å². The largest absolute Gasteiger partial charge is 0.355 e. The van der Waals surface area contributed by atoms with Crippen molar-refractivity contribution in [3.05, 3.63) is 95.3 Å². The van der Waals surface area contributed by atoms with E-state index in [1.54, 1.807) is 43.3 Å². The first kappa shape index (κ1) is 27.9. The summed E-state index contributed by atoms with van der Waals surface area (Å²) in [7, 11) is -4.14. The summed E-state index contributed by atoms with van der Waals surface area (Å²) in [5, 5.41) is 2.68. The smallest absolute Gasteiger partial charge is 0.264 e. The second kappa shape index (κ2) is 12.0. The maximum absolute atomic E-state index is 14.5. The van der Waals surface area contributed by atoms with Gasteiger partial charge in [-0.2, -0.15) is 0 Å². The van der Waals surface area contributed by atoms with E-state index in [4.69, 9.17) is 0 Å². The lowest BCUT2D eigenvalue weighted by Gasteiger charge is -2.32. The Morgan fingerprint density at radius 2 is 1.62 bits per heavy atom. The summed E-state index contributed by atoms with van der Waals surface area (Å²) in [6, 6.07) is 18.2. The molecule has 1 unspecified atom stereocenters. The molecule has 0 heterocycles. The van der Waals surface area contributed by atoms with Crippen LogP contribution >= 0.6 is 0 Å². The van der Waals surface area contributed by atoms with Gasteiger partial charge in [-0.15, -0.1) is 0 Å². The lowest BCUT2D eigenvalue weighted by atomic mass is 10.1. The summed E-state index contributed by atoms with van der Waals surface area (Å²) in [4.78, 5) is 27.6. The highest BCUT2D eigenvalue weighted by Crippen LogP contribution is 2.26. The van der Waals surface area contributed by atoms with Crippen molar-refractivity contribution < 1.29 is 22.4 Å². The van der Waals surface area contributed by atoms with Crippen LogP contribution in [0.1, 0.15) is 30.5 Å². The minimum Gasteiger partial charge on any atom is -0.355 e. The van der Waals surface area contributed by atoms with Crippen LogP contribution in [0.5, 0.6) is 0 Å². The van der Waals surface area contributed by atoms with E-state index in [9.17, 15) is 22.4 Å². The zero-order chi connectivity index (χ0) is 27.2. The number of benzene rings is 3. The molecule has 0 aliphatic heterocycles. The van der Waals surface area contributed by atoms with Gasteiger partial charge in [-0.3, -0.25) is 13.9 Å². The van der Waals surface area contributed by atoms with Gasteiger partial charge in [0, 0.05) is 18.7 Å². The van der Waals surface area contributed by atoms with Crippen molar-refractivity contribution in [2.75, 3.05) is 17.4 Å². The zero-order valence-corrected chi connectivity index (χ0v) is 22.3. The highest BCUT2D eigenvalue weighted by molar-refractivity contribution is 7.92. The average molecular weight is 526 g/mol. The SMILES string of the molecule is CCNC(=O)C(C)N(Cc1ccccc1F)C(=O)CN(c1cccc(C)c1)S(=O)(=O)c1ccc(C)cc1. The van der Waals surface area contributed by atoms with Gasteiger partial charge in [0.05, 0.1) is 10.6 Å². The molecule has 0 saturated carbocycles. The highest BCUT2D eigenvalue weighted by Gasteiger charge is 2.32. The fourth-order valence-electron chi connectivity index (χ4n) is 3.86. The maximum atomic E-state index is 14.5. The van der Waals surface area contributed by atoms with E-state index in [1.807, 2.05) is 19.9 Å². The third-order valence-electron chi connectivity index (χ3n) is 5.99. The van der Waals surface area contributed by atoms with Gasteiger partial charge in [-0.1, -0.05) is 48.0 Å². The molecule has 7 nitrogen and oxygen atoms in total. The molecule has 2 amide bonds. The van der Waals surface area contributed by atoms with Gasteiger partial charge in [0.1, 0.15) is 18.4 Å². The Morgan fingerprint density at radius 1 is 0.946 bits per heavy atom. The van der Waals surface area contributed by atoms with Crippen LogP contribution in [0.2, 0.25) is 0 Å². The van der Waals surface area contributed by atoms with Crippen LogP contribution in [0.3, 0.4) is 0 Å². The number of carbonyl (C=O) groups excluding carboxylic acids is 2. The van der Waals surface area contributed by atoms with Gasteiger partial charge < -0.3 is 10.2 Å². The molecule has 0 fully saturated rings. The molecule has 0 bridgehead atoms. The van der Waals surface area contributed by atoms with Crippen molar-refractivity contribution in [1.29, 1.82) is 0 Å². The van der Waals surface area contributed by atoms with E-state index in [0.29, 0.717) is 12.2 Å². The Labute approximate surface area is 218 Å². The average Bonchev–Trinajstić information content (AvgIpc) is 2.86. The summed E-state index contributed by atoms with van der Waals surface area (Å²) in [6.07, 6.45) is 0. The van der Waals surface area contributed by atoms with Gasteiger partial charge in [0.25, 0.3) is 10.0 Å². The molecule has 0 spiro atoms. The van der Waals surface area contributed by atoms with E-state index >= 15 is 0 Å². The molecule has 0 radical (unpaired) electrons. The van der Waals surface area contributed by atoms with Crippen molar-refractivity contribution in [1.82, 2.24) is 10.2 Å². The van der Waals surface area contributed by atoms with Crippen LogP contribution in [0.25, 0.3) is 0 Å². The second-order valence-corrected chi connectivity index (χ2v) is 10.7. The first-order chi connectivity index (χ1) is 17.5. The molecule has 37 heavy (non-hydrogen) atoms. The molecule has 0 aromatic heterocycles. The fourth-order valence-corrected chi connectivity index (χ4v) is 5.27. The Balaban J connectivity index is 2.04. The topological polar surface area (TPSA) is 86.8 Å². The number of nitrogens with one attached hydrogen (secondary N) is 1. The number of hydrogen-bond acceptors (Lipinski definition) is 4. The molecule has 3 aromatic rings. The Hall–Kier alpha value is -3.72. The molecule has 0 aliphatic rings. The summed E-state index contributed by atoms with van der Waals surface area (Å²) in [5.41, 5.74) is 2.23. The lowest BCUT2D eigenvalue weighted by molar-refractivity contribution is -0.139. The van der Waals surface area contributed by atoms with Gasteiger partial charge in [-0.25, -0.2) is 12.8 Å². The molecule has 0 aliphatic carbocycles. The molecule has 3 aromatic carbocycles. The normalized spacial score (nSPS) is 12.0. The monoisotopic (exact) mass is 525 g/mol. The standard InChI is InChI=1S/C28H32FN3O4S/c1-5-30-28(34)22(4)31(18-23-10-6-7-12-26(23)29)27(33)19-32(24-11-8-9-21(3)17-24)37(35,36)25-15-13-20(2)14-16-25/h6-17,22H,5,18-19H2,1-4H3,(H,30,34). The third kappa shape index (κ3) is 6.74. The number of aryl methyl sites for hydroxylation is 2. The maximum Gasteiger partial charge on any atom is 0.264 e. The van der Waals surface area contributed by atoms with Crippen molar-refractivity contribution in [2.45, 2.75) is 45.2 Å². The Morgan fingerprint density at radius 3 is 2.24 bits per heavy atom. The summed E-state index contributed by atoms with van der Waals surface area (Å²) < 4.78 is 43.0.